The fraction of sp³-hybridized carbons (Fsp3) is 0.500. The highest BCUT2D eigenvalue weighted by molar-refractivity contribution is 7.16. The van der Waals surface area contributed by atoms with Crippen LogP contribution in [0.4, 0.5) is 5.00 Å². The van der Waals surface area contributed by atoms with Crippen LogP contribution in [0.15, 0.2) is 0 Å². The molecule has 0 fully saturated rings. The van der Waals surface area contributed by atoms with E-state index in [1.807, 2.05) is 0 Å². The highest BCUT2D eigenvalue weighted by Gasteiger charge is 2.10. The molecule has 1 heterocycles. The molecule has 0 aromatic carbocycles. The quantitative estimate of drug-likeness (QED) is 0.732. The van der Waals surface area contributed by atoms with Gasteiger partial charge in [0.1, 0.15) is 10.7 Å². The summed E-state index contributed by atoms with van der Waals surface area (Å²) in [5.41, 5.74) is 0.520. The third kappa shape index (κ3) is 1.64. The highest BCUT2D eigenvalue weighted by Crippen LogP contribution is 2.27. The van der Waals surface area contributed by atoms with Gasteiger partial charge in [0, 0.05) is 13.0 Å². The Morgan fingerprint density at radius 2 is 2.25 bits per heavy atom. The normalized spacial score (nSPS) is 10.3. The first-order valence-electron chi connectivity index (χ1n) is 3.82. The Hall–Kier alpha value is -0.900. The van der Waals surface area contributed by atoms with Crippen molar-refractivity contribution >= 4 is 22.6 Å². The van der Waals surface area contributed by atoms with E-state index in [0.717, 1.165) is 16.3 Å². The second-order valence-electron chi connectivity index (χ2n) is 2.79. The molecule has 1 aromatic heterocycles. The fourth-order valence-electron chi connectivity index (χ4n) is 0.855. The predicted molar refractivity (Wildman–Crippen MR) is 51.1 cm³/mol. The molecule has 0 amide bonds. The summed E-state index contributed by atoms with van der Waals surface area (Å²) in [7, 11) is 1.80. The average molecular weight is 184 g/mol. The lowest BCUT2D eigenvalue weighted by Crippen LogP contribution is -1.90. The van der Waals surface area contributed by atoms with Crippen LogP contribution in [0.3, 0.4) is 0 Å². The van der Waals surface area contributed by atoms with Crippen LogP contribution < -0.4 is 5.32 Å². The van der Waals surface area contributed by atoms with Crippen LogP contribution in [-0.4, -0.2) is 18.3 Å². The number of hydrogen-bond acceptors (Lipinski definition) is 4. The summed E-state index contributed by atoms with van der Waals surface area (Å²) in [6.07, 6.45) is 0.786. The van der Waals surface area contributed by atoms with Crippen molar-refractivity contribution < 1.29 is 4.79 Å². The molecule has 0 radical (unpaired) electrons. The van der Waals surface area contributed by atoms with Crippen molar-refractivity contribution in [1.29, 1.82) is 0 Å². The van der Waals surface area contributed by atoms with Crippen LogP contribution in [0.1, 0.15) is 35.3 Å². The zero-order chi connectivity index (χ0) is 9.14. The molecule has 0 saturated carbocycles. The van der Waals surface area contributed by atoms with Gasteiger partial charge in [0.2, 0.25) is 0 Å². The number of nitrogens with zero attached hydrogens (tertiary/aromatic N) is 1. The summed E-state index contributed by atoms with van der Waals surface area (Å²) >= 11 is 1.54. The summed E-state index contributed by atoms with van der Waals surface area (Å²) < 4.78 is 0. The fourth-order valence-corrected chi connectivity index (χ4v) is 1.74. The van der Waals surface area contributed by atoms with Gasteiger partial charge in [0.05, 0.1) is 5.01 Å². The minimum Gasteiger partial charge on any atom is -0.378 e. The Labute approximate surface area is 75.8 Å². The molecule has 12 heavy (non-hydrogen) atoms. The molecule has 0 bridgehead atoms. The van der Waals surface area contributed by atoms with Crippen molar-refractivity contribution in [2.75, 3.05) is 12.4 Å². The topological polar surface area (TPSA) is 42.0 Å². The van der Waals surface area contributed by atoms with E-state index in [0.29, 0.717) is 11.6 Å². The lowest BCUT2D eigenvalue weighted by atomic mass is 10.2. The molecular weight excluding hydrogens is 172 g/mol. The third-order valence-electron chi connectivity index (χ3n) is 1.50. The molecule has 0 aliphatic heterocycles. The molecular formula is C8H12N2OS. The van der Waals surface area contributed by atoms with Crippen molar-refractivity contribution in [1.82, 2.24) is 4.98 Å². The Kier molecular flexibility index (Phi) is 2.81. The van der Waals surface area contributed by atoms with E-state index in [-0.39, 0.29) is 0 Å². The standard InChI is InChI=1S/C8H12N2OS/c1-5(2)7-10-6(4-11)8(9-3)12-7/h4-5,9H,1-3H3. The van der Waals surface area contributed by atoms with Gasteiger partial charge < -0.3 is 5.32 Å². The number of carbonyl (C=O) groups is 1. The molecule has 0 aliphatic rings. The van der Waals surface area contributed by atoms with Crippen LogP contribution in [0, 0.1) is 0 Å². The molecule has 1 aromatic rings. The molecule has 4 heteroatoms. The Morgan fingerprint density at radius 3 is 2.58 bits per heavy atom. The molecule has 3 nitrogen and oxygen atoms in total. The number of thiazole rings is 1. The number of nitrogens with one attached hydrogen (secondary N) is 1. The van der Waals surface area contributed by atoms with Crippen LogP contribution in [0.5, 0.6) is 0 Å². The number of carbonyl (C=O) groups excluding carboxylic acids is 1. The maximum atomic E-state index is 10.5. The number of aromatic nitrogens is 1. The second-order valence-corrected chi connectivity index (χ2v) is 3.82. The van der Waals surface area contributed by atoms with Gasteiger partial charge >= 0.3 is 0 Å². The van der Waals surface area contributed by atoms with Crippen molar-refractivity contribution in [2.45, 2.75) is 19.8 Å². The van der Waals surface area contributed by atoms with Crippen molar-refractivity contribution in [2.24, 2.45) is 0 Å². The maximum absolute atomic E-state index is 10.5. The van der Waals surface area contributed by atoms with Gasteiger partial charge in [-0.1, -0.05) is 13.8 Å². The van der Waals surface area contributed by atoms with Crippen LogP contribution in [0.2, 0.25) is 0 Å². The van der Waals surface area contributed by atoms with Gasteiger partial charge in [0.25, 0.3) is 0 Å². The molecule has 0 unspecified atom stereocenters. The van der Waals surface area contributed by atoms with Crippen LogP contribution >= 0.6 is 11.3 Å². The van der Waals surface area contributed by atoms with Gasteiger partial charge in [0.15, 0.2) is 6.29 Å². The third-order valence-corrected chi connectivity index (χ3v) is 2.89. The molecule has 0 spiro atoms. The minimum absolute atomic E-state index is 0.385. The van der Waals surface area contributed by atoms with Gasteiger partial charge in [-0.05, 0) is 0 Å². The van der Waals surface area contributed by atoms with Gasteiger partial charge in [-0.2, -0.15) is 0 Å². The zero-order valence-electron chi connectivity index (χ0n) is 7.42. The van der Waals surface area contributed by atoms with E-state index in [4.69, 9.17) is 0 Å². The van der Waals surface area contributed by atoms with Gasteiger partial charge in [-0.25, -0.2) is 4.98 Å². The van der Waals surface area contributed by atoms with E-state index < -0.39 is 0 Å². The maximum Gasteiger partial charge on any atom is 0.171 e. The van der Waals surface area contributed by atoms with Crippen molar-refractivity contribution in [3.05, 3.63) is 10.7 Å². The average Bonchev–Trinajstić information content (AvgIpc) is 2.46. The van der Waals surface area contributed by atoms with E-state index in [1.165, 1.54) is 11.3 Å². The van der Waals surface area contributed by atoms with Crippen molar-refractivity contribution in [3.8, 4) is 0 Å². The van der Waals surface area contributed by atoms with Crippen LogP contribution in [-0.2, 0) is 0 Å². The van der Waals surface area contributed by atoms with E-state index in [2.05, 4.69) is 24.1 Å². The molecule has 1 N–H and O–H groups in total. The number of anilines is 1. The summed E-state index contributed by atoms with van der Waals surface area (Å²) in [5.74, 6) is 0.385. The van der Waals surface area contributed by atoms with Gasteiger partial charge in [-0.15, -0.1) is 11.3 Å². The largest absolute Gasteiger partial charge is 0.378 e. The lowest BCUT2D eigenvalue weighted by molar-refractivity contribution is 0.112. The monoisotopic (exact) mass is 184 g/mol. The minimum atomic E-state index is 0.385. The SMILES string of the molecule is CNc1sc(C(C)C)nc1C=O. The smallest absolute Gasteiger partial charge is 0.171 e. The van der Waals surface area contributed by atoms with Gasteiger partial charge in [-0.3, -0.25) is 4.79 Å². The van der Waals surface area contributed by atoms with E-state index in [9.17, 15) is 4.79 Å². The first-order chi connectivity index (χ1) is 5.69. The molecule has 66 valence electrons. The summed E-state index contributed by atoms with van der Waals surface area (Å²) in [5, 5.41) is 4.80. The number of aldehydes is 1. The highest BCUT2D eigenvalue weighted by atomic mass is 32.1. The zero-order valence-corrected chi connectivity index (χ0v) is 8.23. The molecule has 0 aliphatic carbocycles. The lowest BCUT2D eigenvalue weighted by Gasteiger charge is -1.94. The molecule has 0 saturated heterocycles. The first-order valence-corrected chi connectivity index (χ1v) is 4.64. The van der Waals surface area contributed by atoms with E-state index >= 15 is 0 Å². The van der Waals surface area contributed by atoms with Crippen molar-refractivity contribution in [3.63, 3.8) is 0 Å². The summed E-state index contributed by atoms with van der Waals surface area (Å²) in [4.78, 5) is 14.7. The van der Waals surface area contributed by atoms with Crippen LogP contribution in [0.25, 0.3) is 0 Å². The molecule has 1 rings (SSSR count). The van der Waals surface area contributed by atoms with E-state index in [1.54, 1.807) is 7.05 Å². The summed E-state index contributed by atoms with van der Waals surface area (Å²) in [6.45, 7) is 4.12. The Balaban J connectivity index is 3.05. The summed E-state index contributed by atoms with van der Waals surface area (Å²) in [6, 6.07) is 0. The Bertz CT molecular complexity index is 281. The number of rotatable bonds is 3. The number of hydrogen-bond donors (Lipinski definition) is 1. The first kappa shape index (κ1) is 9.19. The predicted octanol–water partition coefficient (Wildman–Crippen LogP) is 2.12. The second kappa shape index (κ2) is 3.67. The Morgan fingerprint density at radius 1 is 1.58 bits per heavy atom. The molecule has 0 atom stereocenters.